The molecule has 0 aliphatic carbocycles. The zero-order valence-corrected chi connectivity index (χ0v) is 17.6. The summed E-state index contributed by atoms with van der Waals surface area (Å²) in [5.41, 5.74) is 0.881. The van der Waals surface area contributed by atoms with Gasteiger partial charge in [-0.3, -0.25) is 4.79 Å². The Morgan fingerprint density at radius 2 is 1.88 bits per heavy atom. The summed E-state index contributed by atoms with van der Waals surface area (Å²) in [6.45, 7) is 10.1. The number of aromatic nitrogens is 2. The van der Waals surface area contributed by atoms with Crippen molar-refractivity contribution in [3.63, 3.8) is 0 Å². The molecule has 1 N–H and O–H groups in total. The van der Waals surface area contributed by atoms with Crippen molar-refractivity contribution in [2.24, 2.45) is 0 Å². The lowest BCUT2D eigenvalue weighted by Crippen LogP contribution is -2.45. The highest BCUT2D eigenvalue weighted by Gasteiger charge is 2.26. The Labute approximate surface area is 163 Å². The highest BCUT2D eigenvalue weighted by molar-refractivity contribution is 8.02. The molecule has 0 aliphatic heterocycles. The first-order chi connectivity index (χ1) is 12.3. The second kappa shape index (κ2) is 9.23. The number of hydrogen-bond donors (Lipinski definition) is 1. The zero-order chi connectivity index (χ0) is 19.3. The Hall–Kier alpha value is -1.80. The predicted molar refractivity (Wildman–Crippen MR) is 109 cm³/mol. The van der Waals surface area contributed by atoms with Gasteiger partial charge in [-0.15, -0.1) is 10.2 Å². The fourth-order valence-corrected chi connectivity index (χ4v) is 4.62. The Balaban J connectivity index is 2.01. The first-order valence-electron chi connectivity index (χ1n) is 8.55. The van der Waals surface area contributed by atoms with E-state index in [2.05, 4.69) is 15.5 Å². The maximum Gasteiger partial charge on any atom is 0.236 e. The maximum absolute atomic E-state index is 12.7. The number of benzene rings is 1. The topological polar surface area (TPSA) is 67.3 Å². The van der Waals surface area contributed by atoms with Crippen LogP contribution in [0.4, 0.5) is 10.8 Å². The second-order valence-corrected chi connectivity index (χ2v) is 8.99. The van der Waals surface area contributed by atoms with E-state index in [-0.39, 0.29) is 23.2 Å². The van der Waals surface area contributed by atoms with E-state index in [0.717, 1.165) is 15.8 Å². The fourth-order valence-electron chi connectivity index (χ4n) is 2.65. The van der Waals surface area contributed by atoms with Gasteiger partial charge in [-0.05, 0) is 46.8 Å². The molecule has 0 saturated heterocycles. The van der Waals surface area contributed by atoms with Crippen LogP contribution in [0.15, 0.2) is 28.6 Å². The van der Waals surface area contributed by atoms with Crippen LogP contribution in [0.2, 0.25) is 0 Å². The molecule has 0 aliphatic rings. The van der Waals surface area contributed by atoms with Gasteiger partial charge in [0.25, 0.3) is 0 Å². The van der Waals surface area contributed by atoms with Gasteiger partial charge in [-0.1, -0.05) is 29.2 Å². The highest BCUT2D eigenvalue weighted by Crippen LogP contribution is 2.32. The SMILES string of the molecule is COc1cccc(Nc2nnc(SC(C)C(=O)N(C(C)C)C(C)C)s2)c1. The molecule has 142 valence electrons. The van der Waals surface area contributed by atoms with Crippen molar-refractivity contribution < 1.29 is 9.53 Å². The monoisotopic (exact) mass is 394 g/mol. The maximum atomic E-state index is 12.7. The Bertz CT molecular complexity index is 725. The van der Waals surface area contributed by atoms with Crippen molar-refractivity contribution in [3.8, 4) is 5.75 Å². The van der Waals surface area contributed by atoms with Gasteiger partial charge in [-0.25, -0.2) is 0 Å². The van der Waals surface area contributed by atoms with Gasteiger partial charge in [0.05, 0.1) is 12.4 Å². The third kappa shape index (κ3) is 5.35. The van der Waals surface area contributed by atoms with Crippen LogP contribution in [0.1, 0.15) is 34.6 Å². The zero-order valence-electron chi connectivity index (χ0n) is 16.0. The van der Waals surface area contributed by atoms with Crippen LogP contribution >= 0.6 is 23.1 Å². The third-order valence-corrected chi connectivity index (χ3v) is 5.73. The minimum Gasteiger partial charge on any atom is -0.497 e. The Morgan fingerprint density at radius 3 is 2.50 bits per heavy atom. The lowest BCUT2D eigenvalue weighted by molar-refractivity contribution is -0.133. The molecule has 2 rings (SSSR count). The summed E-state index contributed by atoms with van der Waals surface area (Å²) in [6.07, 6.45) is 0. The lowest BCUT2D eigenvalue weighted by atomic mass is 10.2. The number of anilines is 2. The smallest absolute Gasteiger partial charge is 0.236 e. The molecule has 26 heavy (non-hydrogen) atoms. The van der Waals surface area contributed by atoms with Gasteiger partial charge in [-0.2, -0.15) is 0 Å². The molecular formula is C18H26N4O2S2. The number of methoxy groups -OCH3 is 1. The van der Waals surface area contributed by atoms with E-state index in [4.69, 9.17) is 4.74 Å². The number of rotatable bonds is 8. The Kier molecular flexibility index (Phi) is 7.28. The molecule has 1 aromatic carbocycles. The number of nitrogens with zero attached hydrogens (tertiary/aromatic N) is 3. The average Bonchev–Trinajstić information content (AvgIpc) is 3.01. The van der Waals surface area contributed by atoms with E-state index in [9.17, 15) is 4.79 Å². The van der Waals surface area contributed by atoms with E-state index < -0.39 is 0 Å². The number of carbonyl (C=O) groups is 1. The van der Waals surface area contributed by atoms with Gasteiger partial charge in [0.2, 0.25) is 11.0 Å². The summed E-state index contributed by atoms with van der Waals surface area (Å²) in [5.74, 6) is 0.897. The van der Waals surface area contributed by atoms with Crippen LogP contribution < -0.4 is 10.1 Å². The summed E-state index contributed by atoms with van der Waals surface area (Å²) >= 11 is 2.88. The van der Waals surface area contributed by atoms with Crippen LogP contribution in [0.5, 0.6) is 5.75 Å². The average molecular weight is 395 g/mol. The number of carbonyl (C=O) groups excluding carboxylic acids is 1. The van der Waals surface area contributed by atoms with Crippen LogP contribution in [0, 0.1) is 0 Å². The first kappa shape index (κ1) is 20.5. The summed E-state index contributed by atoms with van der Waals surface area (Å²) in [5, 5.41) is 12.1. The number of nitrogens with one attached hydrogen (secondary N) is 1. The fraction of sp³-hybridized carbons (Fsp3) is 0.500. The Morgan fingerprint density at radius 1 is 1.19 bits per heavy atom. The van der Waals surface area contributed by atoms with Crippen molar-refractivity contribution in [1.82, 2.24) is 15.1 Å². The van der Waals surface area contributed by atoms with E-state index >= 15 is 0 Å². The molecule has 1 unspecified atom stereocenters. The summed E-state index contributed by atoms with van der Waals surface area (Å²) in [4.78, 5) is 14.6. The first-order valence-corrected chi connectivity index (χ1v) is 10.2. The molecule has 0 radical (unpaired) electrons. The number of amides is 1. The highest BCUT2D eigenvalue weighted by atomic mass is 32.2. The van der Waals surface area contributed by atoms with E-state index in [1.165, 1.54) is 23.1 Å². The molecule has 1 heterocycles. The largest absolute Gasteiger partial charge is 0.497 e. The third-order valence-electron chi connectivity index (χ3n) is 3.72. The number of hydrogen-bond acceptors (Lipinski definition) is 7. The van der Waals surface area contributed by atoms with Gasteiger partial charge in [0, 0.05) is 23.8 Å². The van der Waals surface area contributed by atoms with Gasteiger partial charge in [0.1, 0.15) is 5.75 Å². The molecule has 1 aromatic heterocycles. The number of ether oxygens (including phenoxy) is 1. The van der Waals surface area contributed by atoms with E-state index in [0.29, 0.717) is 5.13 Å². The van der Waals surface area contributed by atoms with Crippen molar-refractivity contribution in [2.45, 2.75) is 56.3 Å². The molecule has 8 heteroatoms. The number of thioether (sulfide) groups is 1. The predicted octanol–water partition coefficient (Wildman–Crippen LogP) is 4.42. The van der Waals surface area contributed by atoms with Gasteiger partial charge >= 0.3 is 0 Å². The molecular weight excluding hydrogens is 368 g/mol. The van der Waals surface area contributed by atoms with Crippen LogP contribution in [-0.2, 0) is 4.79 Å². The van der Waals surface area contributed by atoms with Crippen molar-refractivity contribution in [2.75, 3.05) is 12.4 Å². The minimum absolute atomic E-state index is 0.123. The van der Waals surface area contributed by atoms with Crippen LogP contribution in [0.3, 0.4) is 0 Å². The van der Waals surface area contributed by atoms with Crippen LogP contribution in [-0.4, -0.2) is 45.4 Å². The molecule has 2 aromatic rings. The van der Waals surface area contributed by atoms with Crippen molar-refractivity contribution >= 4 is 39.8 Å². The molecule has 0 bridgehead atoms. The standard InChI is InChI=1S/C18H26N4O2S2/c1-11(2)22(12(3)4)16(23)13(5)25-18-21-20-17(26-18)19-14-8-7-9-15(10-14)24-6/h7-13H,1-6H3,(H,19,20). The van der Waals surface area contributed by atoms with Gasteiger partial charge in [0.15, 0.2) is 4.34 Å². The van der Waals surface area contributed by atoms with Crippen LogP contribution in [0.25, 0.3) is 0 Å². The van der Waals surface area contributed by atoms with E-state index in [1.54, 1.807) is 7.11 Å². The molecule has 6 nitrogen and oxygen atoms in total. The second-order valence-electron chi connectivity index (χ2n) is 6.42. The lowest BCUT2D eigenvalue weighted by Gasteiger charge is -2.32. The van der Waals surface area contributed by atoms with E-state index in [1.807, 2.05) is 63.8 Å². The molecule has 1 atom stereocenters. The normalized spacial score (nSPS) is 12.3. The molecule has 0 fully saturated rings. The molecule has 0 saturated carbocycles. The summed E-state index contributed by atoms with van der Waals surface area (Å²) in [6, 6.07) is 7.96. The van der Waals surface area contributed by atoms with Crippen molar-refractivity contribution in [3.05, 3.63) is 24.3 Å². The molecule has 1 amide bonds. The minimum atomic E-state index is -0.211. The van der Waals surface area contributed by atoms with Gasteiger partial charge < -0.3 is 15.0 Å². The molecule has 0 spiro atoms. The van der Waals surface area contributed by atoms with Crippen molar-refractivity contribution in [1.29, 1.82) is 0 Å². The quantitative estimate of drug-likeness (QED) is 0.669. The summed E-state index contributed by atoms with van der Waals surface area (Å²) in [7, 11) is 1.63. The summed E-state index contributed by atoms with van der Waals surface area (Å²) < 4.78 is 5.99.